The lowest BCUT2D eigenvalue weighted by molar-refractivity contribution is -0.643. The van der Waals surface area contributed by atoms with Crippen LogP contribution >= 0.6 is 11.6 Å². The zero-order valence-corrected chi connectivity index (χ0v) is 12.8. The molecular formula is C14H14ClFN2O2S. The van der Waals surface area contributed by atoms with Crippen molar-refractivity contribution in [1.29, 1.82) is 0 Å². The van der Waals surface area contributed by atoms with Gasteiger partial charge in [0.05, 0.1) is 17.0 Å². The number of nitrogens with zero attached hydrogens (tertiary/aromatic N) is 1. The number of hydrogen-bond acceptors (Lipinski definition) is 2. The van der Waals surface area contributed by atoms with Crippen molar-refractivity contribution >= 4 is 27.3 Å². The van der Waals surface area contributed by atoms with Crippen LogP contribution in [0.3, 0.4) is 0 Å². The highest BCUT2D eigenvalue weighted by atomic mass is 35.5. The Morgan fingerprint density at radius 1 is 1.19 bits per heavy atom. The first-order chi connectivity index (χ1) is 9.92. The summed E-state index contributed by atoms with van der Waals surface area (Å²) in [6.45, 7) is 0.769. The van der Waals surface area contributed by atoms with Gasteiger partial charge in [0.1, 0.15) is 22.4 Å². The van der Waals surface area contributed by atoms with Gasteiger partial charge in [-0.15, -0.1) is 5.69 Å². The van der Waals surface area contributed by atoms with E-state index in [4.69, 9.17) is 11.6 Å². The van der Waals surface area contributed by atoms with E-state index in [1.807, 2.05) is 12.4 Å². The van der Waals surface area contributed by atoms with E-state index in [1.54, 1.807) is 12.1 Å². The maximum absolute atomic E-state index is 13.0. The first kappa shape index (κ1) is 15.8. The number of halogens is 2. The van der Waals surface area contributed by atoms with Gasteiger partial charge in [0.15, 0.2) is 0 Å². The molecule has 112 valence electrons. The lowest BCUT2D eigenvalue weighted by atomic mass is 10.2. The molecule has 0 unspecified atom stereocenters. The topological polar surface area (TPSA) is 64.8 Å². The van der Waals surface area contributed by atoms with Crippen molar-refractivity contribution in [3.63, 3.8) is 0 Å². The van der Waals surface area contributed by atoms with Gasteiger partial charge in [-0.2, -0.15) is 0 Å². The number of quaternary nitrogens is 1. The molecule has 0 aliphatic heterocycles. The maximum atomic E-state index is 13.0. The van der Waals surface area contributed by atoms with E-state index < -0.39 is 15.8 Å². The third-order valence-electron chi connectivity index (χ3n) is 2.79. The predicted molar refractivity (Wildman–Crippen MR) is 79.6 cm³/mol. The molecule has 0 atom stereocenters. The third-order valence-corrected chi connectivity index (χ3v) is 4.40. The molecule has 0 radical (unpaired) electrons. The third kappa shape index (κ3) is 3.93. The normalized spacial score (nSPS) is 11.4. The molecule has 21 heavy (non-hydrogen) atoms. The lowest BCUT2D eigenvalue weighted by Gasteiger charge is -2.22. The highest BCUT2D eigenvalue weighted by molar-refractivity contribution is 7.94. The summed E-state index contributed by atoms with van der Waals surface area (Å²) in [5.41, 5.74) is 1.11. The Balaban J connectivity index is 2.23. The molecule has 0 saturated heterocycles. The fourth-order valence-electron chi connectivity index (χ4n) is 1.77. The van der Waals surface area contributed by atoms with Gasteiger partial charge in [-0.25, -0.2) is 12.8 Å². The van der Waals surface area contributed by atoms with E-state index in [0.29, 0.717) is 0 Å². The molecule has 4 nitrogen and oxygen atoms in total. The van der Waals surface area contributed by atoms with Crippen molar-refractivity contribution in [2.45, 2.75) is 11.4 Å². The van der Waals surface area contributed by atoms with Crippen LogP contribution in [-0.4, -0.2) is 15.5 Å². The van der Waals surface area contributed by atoms with Gasteiger partial charge in [0.25, 0.3) is 0 Å². The Bertz CT molecular complexity index is 733. The summed E-state index contributed by atoms with van der Waals surface area (Å²) in [6, 6.07) is 10.00. The SMILES string of the molecule is C[NH2+]Cc1ccc(S(=O)(=O)[N-]c2ccc(F)c(Cl)c2)cc1. The molecule has 0 bridgehead atoms. The van der Waals surface area contributed by atoms with Gasteiger partial charge in [-0.3, -0.25) is 0 Å². The number of sulfonamides is 1. The number of nitrogens with two attached hydrogens (primary N) is 1. The van der Waals surface area contributed by atoms with Gasteiger partial charge in [-0.05, 0) is 18.2 Å². The Hall–Kier alpha value is -1.63. The van der Waals surface area contributed by atoms with Gasteiger partial charge in [-0.1, -0.05) is 35.9 Å². The Morgan fingerprint density at radius 3 is 2.43 bits per heavy atom. The molecule has 0 fully saturated rings. The summed E-state index contributed by atoms with van der Waals surface area (Å²) in [5.74, 6) is -0.617. The minimum atomic E-state index is -3.84. The first-order valence-corrected chi connectivity index (χ1v) is 8.04. The van der Waals surface area contributed by atoms with Crippen LogP contribution in [-0.2, 0) is 16.6 Å². The predicted octanol–water partition coefficient (Wildman–Crippen LogP) is 2.57. The molecule has 0 amide bonds. The average molecular weight is 329 g/mol. The molecule has 2 rings (SSSR count). The number of rotatable bonds is 5. The molecule has 2 aromatic carbocycles. The molecule has 0 aliphatic carbocycles. The van der Waals surface area contributed by atoms with Crippen molar-refractivity contribution in [3.8, 4) is 0 Å². The molecule has 0 spiro atoms. The number of benzene rings is 2. The smallest absolute Gasteiger partial charge is 0.141 e. The van der Waals surface area contributed by atoms with E-state index in [0.717, 1.165) is 18.2 Å². The molecule has 7 heteroatoms. The summed E-state index contributed by atoms with van der Waals surface area (Å²) in [7, 11) is -1.91. The monoisotopic (exact) mass is 328 g/mol. The zero-order valence-electron chi connectivity index (χ0n) is 11.3. The maximum Gasteiger partial charge on any atom is 0.141 e. The minimum absolute atomic E-state index is 0.0859. The van der Waals surface area contributed by atoms with Gasteiger partial charge in [0.2, 0.25) is 0 Å². The van der Waals surface area contributed by atoms with E-state index in [2.05, 4.69) is 4.72 Å². The Labute approximate surface area is 128 Å². The molecular weight excluding hydrogens is 315 g/mol. The van der Waals surface area contributed by atoms with Crippen LogP contribution in [0.2, 0.25) is 5.02 Å². The van der Waals surface area contributed by atoms with E-state index in [9.17, 15) is 12.8 Å². The number of hydrogen-bond donors (Lipinski definition) is 1. The second-order valence-corrected chi connectivity index (χ2v) is 6.43. The van der Waals surface area contributed by atoms with Crippen LogP contribution in [0.25, 0.3) is 4.72 Å². The van der Waals surface area contributed by atoms with Crippen LogP contribution in [0.15, 0.2) is 47.4 Å². The second-order valence-electron chi connectivity index (χ2n) is 4.42. The molecule has 0 aromatic heterocycles. The second kappa shape index (κ2) is 6.43. The van der Waals surface area contributed by atoms with Crippen molar-refractivity contribution < 1.29 is 18.1 Å². The summed E-state index contributed by atoms with van der Waals surface area (Å²) < 4.78 is 41.0. The van der Waals surface area contributed by atoms with Gasteiger partial charge >= 0.3 is 0 Å². The Kier molecular flexibility index (Phi) is 4.82. The summed E-state index contributed by atoms with van der Waals surface area (Å²) in [5, 5.41) is 1.81. The molecule has 0 aliphatic rings. The van der Waals surface area contributed by atoms with Crippen molar-refractivity contribution in [2.24, 2.45) is 0 Å². The van der Waals surface area contributed by atoms with Crippen molar-refractivity contribution in [2.75, 3.05) is 7.05 Å². The lowest BCUT2D eigenvalue weighted by Crippen LogP contribution is -2.77. The summed E-state index contributed by atoms with van der Waals surface area (Å²) in [4.78, 5) is 0.0859. The van der Waals surface area contributed by atoms with Gasteiger partial charge in [0, 0.05) is 5.56 Å². The largest absolute Gasteiger partial charge is 0.573 e. The highest BCUT2D eigenvalue weighted by Gasteiger charge is 2.06. The van der Waals surface area contributed by atoms with E-state index >= 15 is 0 Å². The summed E-state index contributed by atoms with van der Waals surface area (Å²) in [6.07, 6.45) is 0. The average Bonchev–Trinajstić information content (AvgIpc) is 2.44. The quantitative estimate of drug-likeness (QED) is 0.916. The Morgan fingerprint density at radius 2 is 1.86 bits per heavy atom. The highest BCUT2D eigenvalue weighted by Crippen LogP contribution is 2.30. The van der Waals surface area contributed by atoms with Crippen LogP contribution in [0.4, 0.5) is 10.1 Å². The fourth-order valence-corrected chi connectivity index (χ4v) is 2.92. The van der Waals surface area contributed by atoms with Crippen molar-refractivity contribution in [3.05, 3.63) is 63.6 Å². The minimum Gasteiger partial charge on any atom is -0.573 e. The van der Waals surface area contributed by atoms with Crippen LogP contribution in [0.5, 0.6) is 0 Å². The zero-order chi connectivity index (χ0) is 15.5. The van der Waals surface area contributed by atoms with E-state index in [1.165, 1.54) is 24.3 Å². The van der Waals surface area contributed by atoms with Crippen LogP contribution in [0, 0.1) is 5.82 Å². The molecule has 2 N–H and O–H groups in total. The van der Waals surface area contributed by atoms with Crippen LogP contribution in [0.1, 0.15) is 5.56 Å². The molecule has 0 saturated carbocycles. The molecule has 0 heterocycles. The van der Waals surface area contributed by atoms with Crippen LogP contribution < -0.4 is 5.32 Å². The summed E-state index contributed by atoms with van der Waals surface area (Å²) >= 11 is 5.61. The van der Waals surface area contributed by atoms with Gasteiger partial charge < -0.3 is 10.0 Å². The standard InChI is InChI=1S/C14H13ClFN2O2S/c1-17-9-10-2-5-12(6-3-10)21(19,20)18-11-4-7-14(16)13(15)8-11/h2-8,17H,9H2,1H3/q-1/p+1. The molecule has 2 aromatic rings. The fraction of sp³-hybridized carbons (Fsp3) is 0.143. The first-order valence-electron chi connectivity index (χ1n) is 6.22. The van der Waals surface area contributed by atoms with E-state index in [-0.39, 0.29) is 15.6 Å². The van der Waals surface area contributed by atoms with Crippen molar-refractivity contribution in [1.82, 2.24) is 0 Å².